The van der Waals surface area contributed by atoms with Crippen molar-refractivity contribution in [3.05, 3.63) is 35.9 Å². The summed E-state index contributed by atoms with van der Waals surface area (Å²) >= 11 is 0. The molecular formula is C22H37NO4S. The van der Waals surface area contributed by atoms with E-state index in [-0.39, 0.29) is 12.5 Å². The van der Waals surface area contributed by atoms with Crippen LogP contribution in [0.3, 0.4) is 0 Å². The second-order valence-electron chi connectivity index (χ2n) is 7.62. The van der Waals surface area contributed by atoms with Crippen LogP contribution in [-0.2, 0) is 21.3 Å². The fourth-order valence-electron chi connectivity index (χ4n) is 3.23. The zero-order valence-electron chi connectivity index (χ0n) is 17.3. The van der Waals surface area contributed by atoms with E-state index in [1.807, 2.05) is 0 Å². The van der Waals surface area contributed by atoms with Crippen molar-refractivity contribution in [2.75, 3.05) is 19.3 Å². The van der Waals surface area contributed by atoms with Crippen LogP contribution in [-0.4, -0.2) is 43.1 Å². The van der Waals surface area contributed by atoms with Crippen molar-refractivity contribution in [2.45, 2.75) is 77.0 Å². The number of unbranched alkanes of at least 4 members (excludes halogenated alkanes) is 9. The number of benzene rings is 1. The normalized spacial score (nSPS) is 11.5. The molecule has 0 bridgehead atoms. The van der Waals surface area contributed by atoms with Crippen LogP contribution in [0.5, 0.6) is 0 Å². The van der Waals surface area contributed by atoms with E-state index in [1.54, 1.807) is 7.05 Å². The van der Waals surface area contributed by atoms with E-state index in [4.69, 9.17) is 4.55 Å². The van der Waals surface area contributed by atoms with Crippen molar-refractivity contribution in [1.29, 1.82) is 0 Å². The van der Waals surface area contributed by atoms with Crippen molar-refractivity contribution in [2.24, 2.45) is 0 Å². The van der Waals surface area contributed by atoms with Gasteiger partial charge in [-0.05, 0) is 24.8 Å². The van der Waals surface area contributed by atoms with Crippen LogP contribution in [0.2, 0.25) is 0 Å². The number of aryl methyl sites for hydroxylation is 1. The average Bonchev–Trinajstić information content (AvgIpc) is 2.67. The summed E-state index contributed by atoms with van der Waals surface area (Å²) < 4.78 is 30.1. The Hall–Kier alpha value is -1.40. The lowest BCUT2D eigenvalue weighted by Gasteiger charge is -2.16. The molecule has 0 aliphatic heterocycles. The highest BCUT2D eigenvalue weighted by Gasteiger charge is 2.12. The molecule has 0 saturated carbocycles. The molecule has 0 spiro atoms. The molecule has 0 aliphatic rings. The highest BCUT2D eigenvalue weighted by atomic mass is 32.2. The third kappa shape index (κ3) is 13.7. The molecule has 0 unspecified atom stereocenters. The molecule has 0 atom stereocenters. The summed E-state index contributed by atoms with van der Waals surface area (Å²) in [5, 5.41) is 0. The van der Waals surface area contributed by atoms with E-state index in [0.29, 0.717) is 6.42 Å². The van der Waals surface area contributed by atoms with Gasteiger partial charge in [0.15, 0.2) is 0 Å². The lowest BCUT2D eigenvalue weighted by atomic mass is 10.0. The third-order valence-electron chi connectivity index (χ3n) is 5.06. The molecule has 1 rings (SSSR count). The summed E-state index contributed by atoms with van der Waals surface area (Å²) in [6, 6.07) is 10.7. The predicted molar refractivity (Wildman–Crippen MR) is 115 cm³/mol. The molecule has 0 aromatic heterocycles. The maximum atomic E-state index is 11.9. The monoisotopic (exact) mass is 411 g/mol. The Morgan fingerprint density at radius 3 is 1.89 bits per heavy atom. The Labute approximate surface area is 171 Å². The summed E-state index contributed by atoms with van der Waals surface area (Å²) in [5.41, 5.74) is 1.44. The fraction of sp³-hybridized carbons (Fsp3) is 0.682. The largest absolute Gasteiger partial charge is 0.345 e. The molecule has 0 aliphatic carbocycles. The Balaban J connectivity index is 1.86. The maximum Gasteiger partial charge on any atom is 0.266 e. The van der Waals surface area contributed by atoms with Gasteiger partial charge in [0, 0.05) is 20.0 Å². The minimum Gasteiger partial charge on any atom is -0.345 e. The summed E-state index contributed by atoms with van der Waals surface area (Å²) in [7, 11) is -2.43. The lowest BCUT2D eigenvalue weighted by Crippen LogP contribution is -2.31. The molecule has 6 heteroatoms. The van der Waals surface area contributed by atoms with Crippen molar-refractivity contribution in [3.8, 4) is 0 Å². The molecule has 0 fully saturated rings. The van der Waals surface area contributed by atoms with E-state index >= 15 is 0 Å². The third-order valence-corrected chi connectivity index (χ3v) is 5.76. The molecule has 1 amide bonds. The van der Waals surface area contributed by atoms with Gasteiger partial charge in [0.1, 0.15) is 0 Å². The van der Waals surface area contributed by atoms with Gasteiger partial charge in [-0.3, -0.25) is 9.35 Å². The maximum absolute atomic E-state index is 11.9. The van der Waals surface area contributed by atoms with Gasteiger partial charge in [0.05, 0.1) is 5.75 Å². The highest BCUT2D eigenvalue weighted by molar-refractivity contribution is 7.85. The van der Waals surface area contributed by atoms with Crippen LogP contribution >= 0.6 is 0 Å². The van der Waals surface area contributed by atoms with Gasteiger partial charge in [-0.1, -0.05) is 81.7 Å². The Kier molecular flexibility index (Phi) is 12.8. The van der Waals surface area contributed by atoms with Gasteiger partial charge in [0.2, 0.25) is 5.91 Å². The number of carbonyl (C=O) groups excluding carboxylic acids is 1. The molecule has 0 radical (unpaired) electrons. The van der Waals surface area contributed by atoms with Gasteiger partial charge in [-0.25, -0.2) is 0 Å². The van der Waals surface area contributed by atoms with Gasteiger partial charge in [0.25, 0.3) is 10.1 Å². The van der Waals surface area contributed by atoms with E-state index < -0.39 is 15.9 Å². The summed E-state index contributed by atoms with van der Waals surface area (Å²) in [6.07, 6.45) is 13.6. The molecule has 0 saturated heterocycles. The minimum atomic E-state index is -4.01. The SMILES string of the molecule is CN(CCS(=O)(=O)O)C(=O)CCCCCCCCCCCCc1ccccc1. The van der Waals surface area contributed by atoms with E-state index in [1.165, 1.54) is 61.8 Å². The lowest BCUT2D eigenvalue weighted by molar-refractivity contribution is -0.129. The molecular weight excluding hydrogens is 374 g/mol. The van der Waals surface area contributed by atoms with E-state index in [9.17, 15) is 13.2 Å². The van der Waals surface area contributed by atoms with Gasteiger partial charge in [-0.2, -0.15) is 8.42 Å². The standard InChI is InChI=1S/C22H37NO4S/c1-23(19-20-28(25,26)27)22(24)18-14-9-7-5-3-2-4-6-8-11-15-21-16-12-10-13-17-21/h10,12-13,16-17H,2-9,11,14-15,18-20H2,1H3,(H,25,26,27). The second kappa shape index (κ2) is 14.6. The quantitative estimate of drug-likeness (QED) is 0.311. The number of nitrogens with zero attached hydrogens (tertiary/aromatic N) is 1. The molecule has 160 valence electrons. The zero-order valence-corrected chi connectivity index (χ0v) is 18.1. The number of hydrogen-bond acceptors (Lipinski definition) is 3. The molecule has 1 aromatic carbocycles. The van der Waals surface area contributed by atoms with Crippen molar-refractivity contribution < 1.29 is 17.8 Å². The van der Waals surface area contributed by atoms with Crippen LogP contribution in [0.25, 0.3) is 0 Å². The van der Waals surface area contributed by atoms with Gasteiger partial charge < -0.3 is 4.90 Å². The second-order valence-corrected chi connectivity index (χ2v) is 9.19. The summed E-state index contributed by atoms with van der Waals surface area (Å²) in [4.78, 5) is 13.2. The molecule has 1 aromatic rings. The Bertz CT molecular complexity index is 631. The topological polar surface area (TPSA) is 74.7 Å². The number of amides is 1. The molecule has 5 nitrogen and oxygen atoms in total. The molecule has 0 heterocycles. The first kappa shape index (κ1) is 24.6. The fourth-order valence-corrected chi connectivity index (χ4v) is 3.74. The number of hydrogen-bond donors (Lipinski definition) is 1. The molecule has 1 N–H and O–H groups in total. The van der Waals surface area contributed by atoms with Crippen LogP contribution in [0.1, 0.15) is 76.2 Å². The Morgan fingerprint density at radius 2 is 1.36 bits per heavy atom. The van der Waals surface area contributed by atoms with Gasteiger partial charge >= 0.3 is 0 Å². The summed E-state index contributed by atoms with van der Waals surface area (Å²) in [5.74, 6) is -0.458. The van der Waals surface area contributed by atoms with Crippen LogP contribution in [0.15, 0.2) is 30.3 Å². The van der Waals surface area contributed by atoms with Crippen LogP contribution in [0.4, 0.5) is 0 Å². The first-order valence-corrected chi connectivity index (χ1v) is 12.2. The first-order chi connectivity index (χ1) is 13.4. The van der Waals surface area contributed by atoms with E-state index in [0.717, 1.165) is 19.3 Å². The van der Waals surface area contributed by atoms with Crippen molar-refractivity contribution in [3.63, 3.8) is 0 Å². The van der Waals surface area contributed by atoms with Crippen LogP contribution in [0, 0.1) is 0 Å². The summed E-state index contributed by atoms with van der Waals surface area (Å²) in [6.45, 7) is 0.0447. The highest BCUT2D eigenvalue weighted by Crippen LogP contribution is 2.13. The first-order valence-electron chi connectivity index (χ1n) is 10.6. The Morgan fingerprint density at radius 1 is 0.857 bits per heavy atom. The van der Waals surface area contributed by atoms with Gasteiger partial charge in [-0.15, -0.1) is 0 Å². The predicted octanol–water partition coefficient (Wildman–Crippen LogP) is 4.87. The van der Waals surface area contributed by atoms with Crippen molar-refractivity contribution in [1.82, 2.24) is 4.90 Å². The number of rotatable bonds is 16. The average molecular weight is 412 g/mol. The number of carbonyl (C=O) groups is 1. The smallest absolute Gasteiger partial charge is 0.266 e. The molecule has 28 heavy (non-hydrogen) atoms. The van der Waals surface area contributed by atoms with E-state index in [2.05, 4.69) is 30.3 Å². The van der Waals surface area contributed by atoms with Crippen LogP contribution < -0.4 is 0 Å². The zero-order chi connectivity index (χ0) is 20.7. The van der Waals surface area contributed by atoms with Crippen molar-refractivity contribution >= 4 is 16.0 Å². The minimum absolute atomic E-state index is 0.0447.